The first kappa shape index (κ1) is 32.0. The maximum absolute atomic E-state index is 14.1. The van der Waals surface area contributed by atoms with Gasteiger partial charge < -0.3 is 19.3 Å². The summed E-state index contributed by atoms with van der Waals surface area (Å²) in [5.74, 6) is -1.68. The fraction of sp³-hybridized carbons (Fsp3) is 0.562. The van der Waals surface area contributed by atoms with Crippen LogP contribution in [0.3, 0.4) is 0 Å². The van der Waals surface area contributed by atoms with Gasteiger partial charge in [0.05, 0.1) is 30.3 Å². The minimum Gasteiger partial charge on any atom is -0.454 e. The van der Waals surface area contributed by atoms with E-state index in [-0.39, 0.29) is 55.2 Å². The van der Waals surface area contributed by atoms with Crippen molar-refractivity contribution in [2.45, 2.75) is 71.2 Å². The summed E-state index contributed by atoms with van der Waals surface area (Å²) < 4.78 is 16.4. The number of fused-ring (bicyclic) bond motifs is 5. The summed E-state index contributed by atoms with van der Waals surface area (Å²) in [6.07, 6.45) is 5.63. The molecule has 12 heteroatoms. The molecular weight excluding hydrogens is 574 g/mol. The first-order valence-corrected chi connectivity index (χ1v) is 14.9. The fourth-order valence-electron chi connectivity index (χ4n) is 8.49. The van der Waals surface area contributed by atoms with Crippen molar-refractivity contribution < 1.29 is 53.7 Å². The summed E-state index contributed by atoms with van der Waals surface area (Å²) in [6, 6.07) is 5.94. The zero-order valence-electron chi connectivity index (χ0n) is 25.1. The number of hydrogen-bond acceptors (Lipinski definition) is 12. The molecule has 0 amide bonds. The van der Waals surface area contributed by atoms with Gasteiger partial charge in [0.15, 0.2) is 18.0 Å². The number of hydrogen-bond donors (Lipinski definition) is 3. The third kappa shape index (κ3) is 5.49. The van der Waals surface area contributed by atoms with Gasteiger partial charge in [0.2, 0.25) is 5.78 Å². The van der Waals surface area contributed by atoms with Crippen molar-refractivity contribution in [3.63, 3.8) is 0 Å². The maximum Gasteiger partial charge on any atom is 0.509 e. The number of carbonyl (C=O) groups excluding carboxylic acids is 4. The highest BCUT2D eigenvalue weighted by Crippen LogP contribution is 2.68. The second kappa shape index (κ2) is 12.2. The number of ketones is 2. The van der Waals surface area contributed by atoms with Crippen molar-refractivity contribution in [2.75, 3.05) is 13.2 Å². The lowest BCUT2D eigenvalue weighted by atomic mass is 9.46. The molecule has 0 aromatic heterocycles. The van der Waals surface area contributed by atoms with Gasteiger partial charge in [-0.3, -0.25) is 20.0 Å². The number of esters is 1. The predicted molar refractivity (Wildman–Crippen MR) is 151 cm³/mol. The molecule has 0 radical (unpaired) electrons. The molecule has 0 unspecified atom stereocenters. The standard InChI is InChI=1S/C32H39NO11/c1-4-41-29(38)44-32(26(36)18-42-28(37)20-7-5-19(6-8-20)17-43-33(39)40)14-12-24-23-10-9-21-15-22(34)11-13-30(21,2)27(23)25(35)16-31(24,32)3/h5-8,11,13,15,23-25,27,35,39-40H,4,9-10,12,14,16-18H2,1-3H3/t23-,24-,25-,27+,30-,31-,32-/m0/s1. The molecule has 1 aromatic carbocycles. The Hall–Kier alpha value is -3.42. The first-order chi connectivity index (χ1) is 20.8. The average molecular weight is 614 g/mol. The third-order valence-corrected chi connectivity index (χ3v) is 10.5. The van der Waals surface area contributed by atoms with Crippen molar-refractivity contribution in [2.24, 2.45) is 28.6 Å². The lowest BCUT2D eigenvalue weighted by Gasteiger charge is -2.59. The van der Waals surface area contributed by atoms with Gasteiger partial charge in [-0.1, -0.05) is 37.6 Å². The quantitative estimate of drug-likeness (QED) is 0.269. The summed E-state index contributed by atoms with van der Waals surface area (Å²) in [7, 11) is 0. The molecular formula is C32H39NO11. The van der Waals surface area contributed by atoms with Crippen molar-refractivity contribution in [1.82, 2.24) is 5.39 Å². The van der Waals surface area contributed by atoms with Gasteiger partial charge in [-0.15, -0.1) is 0 Å². The van der Waals surface area contributed by atoms with E-state index in [0.717, 1.165) is 12.0 Å². The number of Topliss-reactive ketones (excluding diaryl/α,β-unsaturated/α-hetero) is 1. The third-order valence-electron chi connectivity index (χ3n) is 10.5. The van der Waals surface area contributed by atoms with E-state index in [1.54, 1.807) is 19.1 Å². The van der Waals surface area contributed by atoms with E-state index < -0.39 is 52.4 Å². The molecule has 0 spiro atoms. The van der Waals surface area contributed by atoms with Crippen LogP contribution in [0.4, 0.5) is 4.79 Å². The normalized spacial score (nSPS) is 34.0. The Morgan fingerprint density at radius 2 is 1.80 bits per heavy atom. The molecule has 7 atom stereocenters. The van der Waals surface area contributed by atoms with Crippen molar-refractivity contribution in [3.8, 4) is 0 Å². The van der Waals surface area contributed by atoms with Crippen LogP contribution < -0.4 is 0 Å². The van der Waals surface area contributed by atoms with E-state index in [2.05, 4.69) is 11.8 Å². The summed E-state index contributed by atoms with van der Waals surface area (Å²) in [5, 5.41) is 28.7. The van der Waals surface area contributed by atoms with Crippen LogP contribution in [-0.4, -0.2) is 69.5 Å². The van der Waals surface area contributed by atoms with Crippen LogP contribution in [0.5, 0.6) is 0 Å². The van der Waals surface area contributed by atoms with Gasteiger partial charge in [-0.2, -0.15) is 0 Å². The SMILES string of the molecule is CCOC(=O)O[C@]1(C(=O)COC(=O)c2ccc(CON(O)O)cc2)CC[C@H]2[C@@H]3CCC4=CC(=O)C=C[C@]4(C)[C@H]3[C@@H](O)C[C@@]21C. The molecule has 3 N–H and O–H groups in total. The number of allylic oxidation sites excluding steroid dienone is 4. The van der Waals surface area contributed by atoms with Gasteiger partial charge in [-0.25, -0.2) is 14.4 Å². The van der Waals surface area contributed by atoms with Crippen LogP contribution in [0.15, 0.2) is 48.1 Å². The zero-order chi connectivity index (χ0) is 31.9. The molecule has 238 valence electrons. The molecule has 3 saturated carbocycles. The highest BCUT2D eigenvalue weighted by molar-refractivity contribution is 6.01. The second-order valence-corrected chi connectivity index (χ2v) is 12.6. The molecule has 4 aliphatic rings. The summed E-state index contributed by atoms with van der Waals surface area (Å²) in [5.41, 5.74) is -1.45. The molecule has 1 aromatic rings. The number of nitrogens with zero attached hydrogens (tertiary/aromatic N) is 1. The van der Waals surface area contributed by atoms with Crippen molar-refractivity contribution in [3.05, 3.63) is 59.2 Å². The van der Waals surface area contributed by atoms with E-state index in [0.29, 0.717) is 18.4 Å². The number of aliphatic hydroxyl groups excluding tert-OH is 1. The Labute approximate surface area is 255 Å². The number of ether oxygens (including phenoxy) is 3. The van der Waals surface area contributed by atoms with E-state index in [1.807, 2.05) is 13.0 Å². The fourth-order valence-corrected chi connectivity index (χ4v) is 8.49. The zero-order valence-corrected chi connectivity index (χ0v) is 25.1. The second-order valence-electron chi connectivity index (χ2n) is 12.6. The van der Waals surface area contributed by atoms with Crippen LogP contribution in [0.25, 0.3) is 0 Å². The van der Waals surface area contributed by atoms with Crippen LogP contribution in [0, 0.1) is 28.6 Å². The van der Waals surface area contributed by atoms with Crippen molar-refractivity contribution >= 4 is 23.7 Å². The van der Waals surface area contributed by atoms with Gasteiger partial charge in [0.25, 0.3) is 0 Å². The Morgan fingerprint density at radius 1 is 1.07 bits per heavy atom. The van der Waals surface area contributed by atoms with E-state index in [1.165, 1.54) is 24.3 Å². The molecule has 0 heterocycles. The lowest BCUT2D eigenvalue weighted by Crippen LogP contribution is -2.63. The molecule has 3 fully saturated rings. The number of carbonyl (C=O) groups is 4. The maximum atomic E-state index is 14.1. The van der Waals surface area contributed by atoms with Crippen LogP contribution in [0.1, 0.15) is 68.8 Å². The molecule has 0 aliphatic heterocycles. The molecule has 0 bridgehead atoms. The monoisotopic (exact) mass is 613 g/mol. The number of benzene rings is 1. The van der Waals surface area contributed by atoms with Crippen molar-refractivity contribution in [1.29, 1.82) is 0 Å². The Bertz CT molecular complexity index is 1370. The summed E-state index contributed by atoms with van der Waals surface area (Å²) in [6.45, 7) is 4.78. The van der Waals surface area contributed by atoms with Gasteiger partial charge in [0, 0.05) is 16.7 Å². The van der Waals surface area contributed by atoms with Gasteiger partial charge >= 0.3 is 12.1 Å². The van der Waals surface area contributed by atoms with Gasteiger partial charge in [-0.05, 0) is 80.7 Å². The van der Waals surface area contributed by atoms with E-state index >= 15 is 0 Å². The topological polar surface area (TPSA) is 169 Å². The number of aliphatic hydroxyl groups is 1. The highest BCUT2D eigenvalue weighted by atomic mass is 17.1. The highest BCUT2D eigenvalue weighted by Gasteiger charge is 2.70. The molecule has 12 nitrogen and oxygen atoms in total. The Kier molecular flexibility index (Phi) is 8.85. The Morgan fingerprint density at radius 3 is 2.48 bits per heavy atom. The minimum atomic E-state index is -1.69. The lowest BCUT2D eigenvalue weighted by molar-refractivity contribution is -0.497. The first-order valence-electron chi connectivity index (χ1n) is 14.9. The summed E-state index contributed by atoms with van der Waals surface area (Å²) >= 11 is 0. The average Bonchev–Trinajstić information content (AvgIpc) is 3.27. The van der Waals surface area contributed by atoms with E-state index in [9.17, 15) is 24.3 Å². The van der Waals surface area contributed by atoms with Crippen LogP contribution in [-0.2, 0) is 35.2 Å². The molecule has 4 aliphatic carbocycles. The molecule has 5 rings (SSSR count). The van der Waals surface area contributed by atoms with Crippen LogP contribution in [0.2, 0.25) is 0 Å². The minimum absolute atomic E-state index is 0.00184. The predicted octanol–water partition coefficient (Wildman–Crippen LogP) is 4.12. The molecule has 44 heavy (non-hydrogen) atoms. The van der Waals surface area contributed by atoms with Gasteiger partial charge in [0.1, 0.15) is 0 Å². The smallest absolute Gasteiger partial charge is 0.454 e. The summed E-state index contributed by atoms with van der Waals surface area (Å²) in [4.78, 5) is 56.4. The Balaban J connectivity index is 1.38. The van der Waals surface area contributed by atoms with E-state index in [4.69, 9.17) is 24.6 Å². The largest absolute Gasteiger partial charge is 0.509 e. The molecule has 0 saturated heterocycles. The number of rotatable bonds is 9. The van der Waals surface area contributed by atoms with Crippen LogP contribution >= 0.6 is 0 Å².